The van der Waals surface area contributed by atoms with E-state index >= 15 is 0 Å². The molecule has 5 heterocycles. The van der Waals surface area contributed by atoms with E-state index in [1.165, 1.54) is 0 Å². The van der Waals surface area contributed by atoms with Crippen molar-refractivity contribution in [2.45, 2.75) is 84.6 Å². The number of carbonyl (C=O) groups is 2. The van der Waals surface area contributed by atoms with Crippen molar-refractivity contribution in [3.8, 4) is 17.3 Å². The number of carbonyl (C=O) groups excluding carboxylic acids is 2. The number of amides is 1. The van der Waals surface area contributed by atoms with E-state index in [0.717, 1.165) is 28.1 Å². The van der Waals surface area contributed by atoms with E-state index in [1.807, 2.05) is 64.1 Å². The van der Waals surface area contributed by atoms with Crippen molar-refractivity contribution >= 4 is 17.4 Å². The van der Waals surface area contributed by atoms with E-state index in [-0.39, 0.29) is 24.0 Å². The van der Waals surface area contributed by atoms with Gasteiger partial charge in [-0.25, -0.2) is 9.97 Å². The van der Waals surface area contributed by atoms with Crippen LogP contribution in [-0.2, 0) is 27.8 Å². The number of nitrogens with one attached hydrogen (secondary N) is 2. The fraction of sp³-hybridized carbons (Fsp3) is 0.444. The number of aliphatic hydroxyl groups excluding tert-OH is 1. The minimum Gasteiger partial charge on any atom is -0.469 e. The van der Waals surface area contributed by atoms with Crippen molar-refractivity contribution in [1.29, 1.82) is 0 Å². The quantitative estimate of drug-likeness (QED) is 0.246. The van der Waals surface area contributed by atoms with Crippen LogP contribution in [0.5, 0.6) is 5.75 Å². The zero-order valence-corrected chi connectivity index (χ0v) is 27.0. The summed E-state index contributed by atoms with van der Waals surface area (Å²) in [5, 5.41) is 17.4. The Hall–Kier alpha value is -4.44. The number of para-hydroxylation sites is 1. The van der Waals surface area contributed by atoms with Gasteiger partial charge in [0.05, 0.1) is 5.69 Å². The smallest absolute Gasteiger partial charge is 0.249 e. The van der Waals surface area contributed by atoms with Gasteiger partial charge >= 0.3 is 0 Å². The van der Waals surface area contributed by atoms with Crippen LogP contribution in [0.25, 0.3) is 11.6 Å². The number of rotatable bonds is 6. The van der Waals surface area contributed by atoms with Gasteiger partial charge in [-0.05, 0) is 47.4 Å². The molecular weight excluding hydrogens is 584 g/mol. The van der Waals surface area contributed by atoms with Gasteiger partial charge in [0, 0.05) is 23.6 Å². The van der Waals surface area contributed by atoms with Crippen molar-refractivity contribution in [2.75, 3.05) is 5.32 Å². The predicted molar refractivity (Wildman–Crippen MR) is 170 cm³/mol. The molecule has 0 saturated carbocycles. The van der Waals surface area contributed by atoms with Crippen molar-refractivity contribution in [1.82, 2.24) is 15.3 Å². The normalized spacial score (nSPS) is 23.8. The maximum absolute atomic E-state index is 14.1. The number of ketones is 1. The molecule has 10 heteroatoms. The largest absolute Gasteiger partial charge is 0.469 e. The van der Waals surface area contributed by atoms with Gasteiger partial charge in [0.2, 0.25) is 17.7 Å². The Labute approximate surface area is 268 Å². The van der Waals surface area contributed by atoms with Crippen molar-refractivity contribution in [2.24, 2.45) is 17.3 Å². The summed E-state index contributed by atoms with van der Waals surface area (Å²) < 4.78 is 19.5. The van der Waals surface area contributed by atoms with Gasteiger partial charge in [-0.1, -0.05) is 71.9 Å². The first-order chi connectivity index (χ1) is 21.9. The highest BCUT2D eigenvalue weighted by Crippen LogP contribution is 2.59. The topological polar surface area (TPSA) is 140 Å². The van der Waals surface area contributed by atoms with E-state index in [2.05, 4.69) is 16.7 Å². The van der Waals surface area contributed by atoms with Crippen molar-refractivity contribution in [3.05, 3.63) is 82.8 Å². The SMILES string of the molecule is CCc1coc(-c2nc3oc2[C@@]24c5ccccc5NC2Oc2ccc(cc24)C[C@H](CC(=O)[C@@H](O)C(C)C)C(=O)N[C@H]3C(C)(C)C)n1. The molecule has 2 aromatic heterocycles. The summed E-state index contributed by atoms with van der Waals surface area (Å²) in [6.45, 7) is 11.6. The van der Waals surface area contributed by atoms with E-state index < -0.39 is 35.1 Å². The van der Waals surface area contributed by atoms with Gasteiger partial charge in [-0.15, -0.1) is 0 Å². The second-order valence-corrected chi connectivity index (χ2v) is 14.1. The van der Waals surface area contributed by atoms with Gasteiger partial charge in [-0.3, -0.25) is 9.59 Å². The van der Waals surface area contributed by atoms with E-state index in [0.29, 0.717) is 41.8 Å². The Balaban J connectivity index is 1.49. The molecule has 1 amide bonds. The molecule has 5 atom stereocenters. The number of aryl methyl sites for hydroxylation is 1. The van der Waals surface area contributed by atoms with Crippen LogP contribution in [0.3, 0.4) is 0 Å². The average molecular weight is 625 g/mol. The summed E-state index contributed by atoms with van der Waals surface area (Å²) in [5.41, 5.74) is 3.31. The summed E-state index contributed by atoms with van der Waals surface area (Å²) in [6.07, 6.45) is 0.790. The molecule has 0 saturated heterocycles. The molecule has 3 N–H and O–H groups in total. The monoisotopic (exact) mass is 624 g/mol. The molecule has 3 aliphatic heterocycles. The van der Waals surface area contributed by atoms with E-state index in [4.69, 9.17) is 23.5 Å². The second-order valence-electron chi connectivity index (χ2n) is 14.1. The number of anilines is 1. The van der Waals surface area contributed by atoms with Gasteiger partial charge in [0.15, 0.2) is 23.5 Å². The van der Waals surface area contributed by atoms with Crippen LogP contribution in [-0.4, -0.2) is 39.1 Å². The lowest BCUT2D eigenvalue weighted by Crippen LogP contribution is -2.42. The van der Waals surface area contributed by atoms with Crippen LogP contribution in [0, 0.1) is 17.3 Å². The molecule has 240 valence electrons. The first kappa shape index (κ1) is 30.2. The first-order valence-corrected chi connectivity index (χ1v) is 16.0. The zero-order valence-electron chi connectivity index (χ0n) is 27.0. The molecule has 4 aromatic rings. The molecule has 0 radical (unpaired) electrons. The van der Waals surface area contributed by atoms with Gasteiger partial charge in [0.1, 0.15) is 29.6 Å². The third-order valence-corrected chi connectivity index (χ3v) is 9.53. The Morgan fingerprint density at radius 3 is 2.61 bits per heavy atom. The molecular formula is C36H40N4O6. The fourth-order valence-electron chi connectivity index (χ4n) is 6.99. The number of hydrogen-bond donors (Lipinski definition) is 3. The van der Waals surface area contributed by atoms with Crippen LogP contribution < -0.4 is 15.4 Å². The number of Topliss-reactive ketones (excluding diaryl/α,β-unsaturated/α-hetero) is 1. The van der Waals surface area contributed by atoms with Crippen LogP contribution in [0.15, 0.2) is 57.6 Å². The lowest BCUT2D eigenvalue weighted by molar-refractivity contribution is -0.135. The second kappa shape index (κ2) is 10.8. The zero-order chi connectivity index (χ0) is 32.5. The lowest BCUT2D eigenvalue weighted by Gasteiger charge is -2.32. The molecule has 46 heavy (non-hydrogen) atoms. The van der Waals surface area contributed by atoms with Crippen LogP contribution in [0.2, 0.25) is 0 Å². The Morgan fingerprint density at radius 1 is 1.11 bits per heavy atom. The van der Waals surface area contributed by atoms with Crippen molar-refractivity contribution < 1.29 is 28.3 Å². The lowest BCUT2D eigenvalue weighted by atomic mass is 9.72. The standard InChI is InChI=1S/C36H40N4O6/c1-7-21-17-44-32(37-21)27-30-36-22-10-8-9-11-24(22)38-34(36)45-26-13-12-19(15-23(26)36)14-20(16-25(41)28(42)18(2)3)31(43)40-29(35(4,5)6)33(39-27)46-30/h8-13,15,17-18,20,28-29,34,38,42H,7,14,16H2,1-6H3,(H,40,43)/t20-,28+,29-,34?,36+/m1/s1. The number of oxazole rings is 2. The molecule has 3 aliphatic rings. The number of aliphatic hydroxyl groups is 1. The molecule has 0 fully saturated rings. The molecule has 7 rings (SSSR count). The molecule has 1 unspecified atom stereocenters. The summed E-state index contributed by atoms with van der Waals surface area (Å²) in [4.78, 5) is 37.1. The third kappa shape index (κ3) is 4.64. The summed E-state index contributed by atoms with van der Waals surface area (Å²) in [6, 6.07) is 13.3. The molecule has 1 spiro atoms. The number of aromatic nitrogens is 2. The molecule has 2 aromatic carbocycles. The number of ether oxygens (including phenoxy) is 1. The van der Waals surface area contributed by atoms with E-state index in [1.54, 1.807) is 20.1 Å². The van der Waals surface area contributed by atoms with Crippen LogP contribution in [0.4, 0.5) is 5.69 Å². The Morgan fingerprint density at radius 2 is 1.89 bits per heavy atom. The highest BCUT2D eigenvalue weighted by molar-refractivity contribution is 5.89. The predicted octanol–water partition coefficient (Wildman–Crippen LogP) is 5.72. The van der Waals surface area contributed by atoms with Crippen molar-refractivity contribution in [3.63, 3.8) is 0 Å². The van der Waals surface area contributed by atoms with Gasteiger partial charge < -0.3 is 29.3 Å². The summed E-state index contributed by atoms with van der Waals surface area (Å²) in [7, 11) is 0. The minimum absolute atomic E-state index is 0.105. The molecule has 10 nitrogen and oxygen atoms in total. The first-order valence-electron chi connectivity index (χ1n) is 16.0. The van der Waals surface area contributed by atoms with E-state index in [9.17, 15) is 14.7 Å². The Kier molecular flexibility index (Phi) is 7.12. The van der Waals surface area contributed by atoms with Gasteiger partial charge in [-0.2, -0.15) is 0 Å². The maximum Gasteiger partial charge on any atom is 0.249 e. The van der Waals surface area contributed by atoms with Crippen LogP contribution >= 0.6 is 0 Å². The summed E-state index contributed by atoms with van der Waals surface area (Å²) in [5.74, 6) is 0.147. The molecule has 4 bridgehead atoms. The summed E-state index contributed by atoms with van der Waals surface area (Å²) >= 11 is 0. The number of nitrogens with zero attached hydrogens (tertiary/aromatic N) is 2. The minimum atomic E-state index is -1.16. The van der Waals surface area contributed by atoms with Crippen LogP contribution in [0.1, 0.15) is 88.0 Å². The number of fused-ring (bicyclic) bond motifs is 4. The highest BCUT2D eigenvalue weighted by Gasteiger charge is 2.61. The average Bonchev–Trinajstić information content (AvgIpc) is 3.78. The molecule has 0 aliphatic carbocycles. The highest BCUT2D eigenvalue weighted by atomic mass is 16.5. The fourth-order valence-corrected chi connectivity index (χ4v) is 6.99. The third-order valence-electron chi connectivity index (χ3n) is 9.53. The Bertz CT molecular complexity index is 1830. The number of hydrogen-bond acceptors (Lipinski definition) is 9. The van der Waals surface area contributed by atoms with Gasteiger partial charge in [0.25, 0.3) is 0 Å². The maximum atomic E-state index is 14.1. The number of benzene rings is 2.